The van der Waals surface area contributed by atoms with Crippen LogP contribution in [-0.4, -0.2) is 70.4 Å². The van der Waals surface area contributed by atoms with Gasteiger partial charge in [0, 0.05) is 42.7 Å². The average Bonchev–Trinajstić information content (AvgIpc) is 3.41. The number of likely N-dealkylation sites (tertiary alicyclic amines) is 1. The van der Waals surface area contributed by atoms with E-state index in [-0.39, 0.29) is 41.9 Å². The summed E-state index contributed by atoms with van der Waals surface area (Å²) in [4.78, 5) is 34.3. The van der Waals surface area contributed by atoms with E-state index in [4.69, 9.17) is 11.6 Å². The smallest absolute Gasteiger partial charge is 0.250 e. The van der Waals surface area contributed by atoms with Gasteiger partial charge in [0.15, 0.2) is 0 Å². The quantitative estimate of drug-likeness (QED) is 0.454. The maximum absolute atomic E-state index is 14.4. The standard InChI is InChI=1S/C34H50ClN5O2/c1-26(2)39-24-30(41)40(23-27-12-14-29(35)15-13-27)34(32(39)42)18-19-38(25-34)31-33(20-28(21-36)22-37-31)16-10-8-6-4-3-5-7-9-11-17-33/h12-15,26,28,31,37H,3-11,16-20,22-25H2,1-2H3. The number of amides is 2. The zero-order valence-electron chi connectivity index (χ0n) is 25.8. The highest BCUT2D eigenvalue weighted by atomic mass is 35.5. The minimum absolute atomic E-state index is 0.00381. The molecule has 1 aliphatic carbocycles. The van der Waals surface area contributed by atoms with Crippen LogP contribution in [0.2, 0.25) is 5.02 Å². The maximum atomic E-state index is 14.4. The van der Waals surface area contributed by atoms with Gasteiger partial charge in [-0.3, -0.25) is 19.8 Å². The molecule has 0 radical (unpaired) electrons. The molecular weight excluding hydrogens is 546 g/mol. The predicted octanol–water partition coefficient (Wildman–Crippen LogP) is 6.11. The minimum atomic E-state index is -0.889. The molecule has 3 saturated heterocycles. The second-order valence-electron chi connectivity index (χ2n) is 13.8. The highest BCUT2D eigenvalue weighted by Crippen LogP contribution is 2.47. The lowest BCUT2D eigenvalue weighted by Crippen LogP contribution is -2.70. The highest BCUT2D eigenvalue weighted by molar-refractivity contribution is 6.30. The number of piperidine rings is 1. The fourth-order valence-electron chi connectivity index (χ4n) is 8.34. The second kappa shape index (κ2) is 13.7. The molecular formula is C34H50ClN5O2. The van der Waals surface area contributed by atoms with Crippen LogP contribution in [0.25, 0.3) is 0 Å². The van der Waals surface area contributed by atoms with Crippen molar-refractivity contribution in [3.8, 4) is 6.07 Å². The van der Waals surface area contributed by atoms with Gasteiger partial charge < -0.3 is 9.80 Å². The van der Waals surface area contributed by atoms with Crippen molar-refractivity contribution in [3.05, 3.63) is 34.9 Å². The van der Waals surface area contributed by atoms with Gasteiger partial charge in [-0.25, -0.2) is 0 Å². The van der Waals surface area contributed by atoms with Crippen molar-refractivity contribution >= 4 is 23.4 Å². The summed E-state index contributed by atoms with van der Waals surface area (Å²) in [7, 11) is 0. The predicted molar refractivity (Wildman–Crippen MR) is 167 cm³/mol. The summed E-state index contributed by atoms with van der Waals surface area (Å²) >= 11 is 6.16. The first-order chi connectivity index (χ1) is 20.3. The fourth-order valence-corrected chi connectivity index (χ4v) is 8.46. The molecule has 1 aromatic rings. The molecule has 8 heteroatoms. The molecule has 4 fully saturated rings. The Morgan fingerprint density at radius 2 is 1.60 bits per heavy atom. The van der Waals surface area contributed by atoms with Crippen molar-refractivity contribution in [2.24, 2.45) is 11.3 Å². The Labute approximate surface area is 257 Å². The summed E-state index contributed by atoms with van der Waals surface area (Å²) in [5.41, 5.74) is 0.100. The number of hydrogen-bond acceptors (Lipinski definition) is 5. The SMILES string of the molecule is CC(C)N1CC(=O)N(Cc2ccc(Cl)cc2)C2(CCN(C3NCC(C#N)CC34CCCCCCCCCCC4)C2)C1=O. The monoisotopic (exact) mass is 595 g/mol. The van der Waals surface area contributed by atoms with E-state index in [0.717, 1.165) is 31.4 Å². The van der Waals surface area contributed by atoms with Gasteiger partial charge in [-0.1, -0.05) is 81.5 Å². The first-order valence-electron chi connectivity index (χ1n) is 16.5. The molecule has 230 valence electrons. The van der Waals surface area contributed by atoms with Crippen LogP contribution in [0, 0.1) is 22.7 Å². The summed E-state index contributed by atoms with van der Waals surface area (Å²) in [6.07, 6.45) is 15.4. The third-order valence-electron chi connectivity index (χ3n) is 10.6. The van der Waals surface area contributed by atoms with Gasteiger partial charge in [0.1, 0.15) is 12.1 Å². The molecule has 7 nitrogen and oxygen atoms in total. The van der Waals surface area contributed by atoms with Crippen LogP contribution in [0.3, 0.4) is 0 Å². The van der Waals surface area contributed by atoms with Gasteiger partial charge in [-0.15, -0.1) is 0 Å². The Kier molecular flexibility index (Phi) is 10.2. The first kappa shape index (κ1) is 31.3. The summed E-state index contributed by atoms with van der Waals surface area (Å²) in [5, 5.41) is 14.5. The van der Waals surface area contributed by atoms with E-state index < -0.39 is 5.54 Å². The van der Waals surface area contributed by atoms with Crippen molar-refractivity contribution in [1.29, 1.82) is 5.26 Å². The molecule has 0 bridgehead atoms. The number of nitrogens with one attached hydrogen (secondary N) is 1. The first-order valence-corrected chi connectivity index (χ1v) is 16.9. The van der Waals surface area contributed by atoms with E-state index in [1.165, 1.54) is 57.8 Å². The molecule has 3 unspecified atom stereocenters. The Morgan fingerprint density at radius 1 is 0.976 bits per heavy atom. The number of piperazine rings is 1. The molecule has 3 aliphatic heterocycles. The lowest BCUT2D eigenvalue weighted by Gasteiger charge is -2.52. The highest BCUT2D eigenvalue weighted by Gasteiger charge is 2.59. The summed E-state index contributed by atoms with van der Waals surface area (Å²) in [5.74, 6) is 0.107. The van der Waals surface area contributed by atoms with Crippen molar-refractivity contribution in [1.82, 2.24) is 20.0 Å². The number of rotatable bonds is 4. The molecule has 1 aromatic carbocycles. The van der Waals surface area contributed by atoms with Crippen LogP contribution in [0.1, 0.15) is 103 Å². The largest absolute Gasteiger partial charge is 0.329 e. The number of carbonyl (C=O) groups is 2. The van der Waals surface area contributed by atoms with E-state index in [2.05, 4.69) is 16.3 Å². The molecule has 2 spiro atoms. The van der Waals surface area contributed by atoms with E-state index in [1.54, 1.807) is 4.90 Å². The van der Waals surface area contributed by atoms with Crippen molar-refractivity contribution in [2.45, 2.75) is 122 Å². The van der Waals surface area contributed by atoms with Gasteiger partial charge in [-0.05, 0) is 57.2 Å². The Hall–Kier alpha value is -2.14. The summed E-state index contributed by atoms with van der Waals surface area (Å²) < 4.78 is 0. The van der Waals surface area contributed by atoms with Crippen molar-refractivity contribution in [3.63, 3.8) is 0 Å². The van der Waals surface area contributed by atoms with Crippen LogP contribution in [-0.2, 0) is 16.1 Å². The molecule has 5 rings (SSSR count). The Morgan fingerprint density at radius 3 is 2.19 bits per heavy atom. The van der Waals surface area contributed by atoms with E-state index in [9.17, 15) is 14.9 Å². The van der Waals surface area contributed by atoms with Crippen molar-refractivity contribution in [2.75, 3.05) is 26.2 Å². The number of nitriles is 1. The molecule has 1 saturated carbocycles. The topological polar surface area (TPSA) is 79.7 Å². The van der Waals surface area contributed by atoms with Gasteiger partial charge >= 0.3 is 0 Å². The minimum Gasteiger partial charge on any atom is -0.329 e. The zero-order valence-corrected chi connectivity index (χ0v) is 26.5. The normalized spacial score (nSPS) is 30.0. The third kappa shape index (κ3) is 6.51. The van der Waals surface area contributed by atoms with Gasteiger partial charge in [0.25, 0.3) is 5.91 Å². The van der Waals surface area contributed by atoms with Gasteiger partial charge in [-0.2, -0.15) is 5.26 Å². The van der Waals surface area contributed by atoms with Crippen LogP contribution >= 0.6 is 11.6 Å². The lowest BCUT2D eigenvalue weighted by molar-refractivity contribution is -0.167. The molecule has 1 N–H and O–H groups in total. The molecule has 42 heavy (non-hydrogen) atoms. The third-order valence-corrected chi connectivity index (χ3v) is 10.9. The van der Waals surface area contributed by atoms with Gasteiger partial charge in [0.05, 0.1) is 18.2 Å². The zero-order chi connectivity index (χ0) is 29.7. The number of carbonyl (C=O) groups excluding carboxylic acids is 2. The number of nitrogens with zero attached hydrogens (tertiary/aromatic N) is 4. The lowest BCUT2D eigenvalue weighted by atomic mass is 9.67. The number of benzene rings is 1. The molecule has 3 atom stereocenters. The molecule has 0 aromatic heterocycles. The van der Waals surface area contributed by atoms with Crippen LogP contribution in [0.15, 0.2) is 24.3 Å². The van der Waals surface area contributed by atoms with E-state index in [1.807, 2.05) is 43.0 Å². The van der Waals surface area contributed by atoms with Crippen molar-refractivity contribution < 1.29 is 9.59 Å². The fraction of sp³-hybridized carbons (Fsp3) is 0.735. The van der Waals surface area contributed by atoms with E-state index in [0.29, 0.717) is 31.1 Å². The van der Waals surface area contributed by atoms with Crippen LogP contribution in [0.4, 0.5) is 0 Å². The number of hydrogen-bond donors (Lipinski definition) is 1. The van der Waals surface area contributed by atoms with Crippen LogP contribution in [0.5, 0.6) is 0 Å². The van der Waals surface area contributed by atoms with E-state index >= 15 is 0 Å². The molecule has 3 heterocycles. The van der Waals surface area contributed by atoms with Gasteiger partial charge in [0.2, 0.25) is 5.91 Å². The Bertz CT molecular complexity index is 1120. The van der Waals surface area contributed by atoms with Crippen LogP contribution < -0.4 is 5.32 Å². The Balaban J connectivity index is 1.45. The summed E-state index contributed by atoms with van der Waals surface area (Å²) in [6.45, 7) is 6.52. The number of halogens is 1. The molecule has 2 amide bonds. The second-order valence-corrected chi connectivity index (χ2v) is 14.2. The maximum Gasteiger partial charge on any atom is 0.250 e. The molecule has 4 aliphatic rings. The summed E-state index contributed by atoms with van der Waals surface area (Å²) in [6, 6.07) is 10.2. The average molecular weight is 596 g/mol.